The van der Waals surface area contributed by atoms with E-state index in [0.29, 0.717) is 17.1 Å². The van der Waals surface area contributed by atoms with E-state index in [9.17, 15) is 8.42 Å². The zero-order chi connectivity index (χ0) is 15.7. The molecule has 1 aromatic carbocycles. The number of hydrogen-bond donors (Lipinski definition) is 1. The van der Waals surface area contributed by atoms with Gasteiger partial charge in [0.15, 0.2) is 9.84 Å². The standard InChI is InChI=1S/C16H25NO3S/c1-16(2)10-6-9-14(15(16)17-3)21(18,19)13-8-5-7-12(11-13)20-4/h5,7-8,11,14-15,17H,6,9-10H2,1-4H3. The van der Waals surface area contributed by atoms with Gasteiger partial charge in [-0.05, 0) is 43.5 Å². The van der Waals surface area contributed by atoms with Crippen molar-refractivity contribution in [2.75, 3.05) is 14.2 Å². The van der Waals surface area contributed by atoms with Gasteiger partial charge >= 0.3 is 0 Å². The molecule has 1 N–H and O–H groups in total. The van der Waals surface area contributed by atoms with Crippen molar-refractivity contribution >= 4 is 9.84 Å². The summed E-state index contributed by atoms with van der Waals surface area (Å²) in [5, 5.41) is 2.85. The molecular weight excluding hydrogens is 286 g/mol. The van der Waals surface area contributed by atoms with Crippen LogP contribution in [-0.4, -0.2) is 33.9 Å². The van der Waals surface area contributed by atoms with Crippen LogP contribution < -0.4 is 10.1 Å². The average Bonchev–Trinajstić information content (AvgIpc) is 2.46. The third-order valence-electron chi connectivity index (χ3n) is 4.60. The molecule has 0 heterocycles. The molecule has 2 unspecified atom stereocenters. The van der Waals surface area contributed by atoms with Crippen LogP contribution in [0.15, 0.2) is 29.2 Å². The summed E-state index contributed by atoms with van der Waals surface area (Å²) in [5.41, 5.74) is -0.0242. The molecule has 0 aromatic heterocycles. The molecule has 0 amide bonds. The molecule has 1 aliphatic rings. The predicted molar refractivity (Wildman–Crippen MR) is 84.4 cm³/mol. The smallest absolute Gasteiger partial charge is 0.182 e. The van der Waals surface area contributed by atoms with Gasteiger partial charge in [0.05, 0.1) is 17.3 Å². The van der Waals surface area contributed by atoms with Crippen LogP contribution in [0.4, 0.5) is 0 Å². The van der Waals surface area contributed by atoms with E-state index in [0.717, 1.165) is 12.8 Å². The number of rotatable bonds is 4. The van der Waals surface area contributed by atoms with Crippen molar-refractivity contribution in [3.05, 3.63) is 24.3 Å². The summed E-state index contributed by atoms with van der Waals surface area (Å²) in [7, 11) is 0.0310. The molecule has 2 atom stereocenters. The molecule has 5 heteroatoms. The summed E-state index contributed by atoms with van der Waals surface area (Å²) >= 11 is 0. The van der Waals surface area contributed by atoms with Crippen LogP contribution in [0, 0.1) is 5.41 Å². The maximum Gasteiger partial charge on any atom is 0.182 e. The van der Waals surface area contributed by atoms with Gasteiger partial charge in [-0.2, -0.15) is 0 Å². The van der Waals surface area contributed by atoms with Gasteiger partial charge in [-0.25, -0.2) is 8.42 Å². The molecule has 0 saturated heterocycles. The monoisotopic (exact) mass is 311 g/mol. The van der Waals surface area contributed by atoms with Gasteiger partial charge in [0.1, 0.15) is 5.75 Å². The minimum Gasteiger partial charge on any atom is -0.497 e. The Labute approximate surface area is 127 Å². The van der Waals surface area contributed by atoms with Gasteiger partial charge in [-0.3, -0.25) is 0 Å². The number of nitrogens with one attached hydrogen (secondary N) is 1. The first-order chi connectivity index (χ1) is 9.82. The van der Waals surface area contributed by atoms with Crippen LogP contribution in [0.5, 0.6) is 5.75 Å². The Balaban J connectivity index is 2.42. The number of ether oxygens (including phenoxy) is 1. The van der Waals surface area contributed by atoms with Gasteiger partial charge < -0.3 is 10.1 Å². The summed E-state index contributed by atoms with van der Waals surface area (Å²) in [6.07, 6.45) is 2.69. The molecule has 0 bridgehead atoms. The predicted octanol–water partition coefficient (Wildman–Crippen LogP) is 2.64. The van der Waals surface area contributed by atoms with Crippen molar-refractivity contribution in [1.82, 2.24) is 5.32 Å². The fourth-order valence-electron chi connectivity index (χ4n) is 3.45. The van der Waals surface area contributed by atoms with Gasteiger partial charge in [-0.1, -0.05) is 26.3 Å². The van der Waals surface area contributed by atoms with Crippen molar-refractivity contribution in [2.24, 2.45) is 5.41 Å². The van der Waals surface area contributed by atoms with E-state index in [-0.39, 0.29) is 11.5 Å². The molecule has 21 heavy (non-hydrogen) atoms. The van der Waals surface area contributed by atoms with Gasteiger partial charge in [0.2, 0.25) is 0 Å². The van der Waals surface area contributed by atoms with Crippen LogP contribution in [0.2, 0.25) is 0 Å². The minimum atomic E-state index is -3.37. The Morgan fingerprint density at radius 2 is 2.05 bits per heavy atom. The third-order valence-corrected chi connectivity index (χ3v) is 6.82. The van der Waals surface area contributed by atoms with E-state index >= 15 is 0 Å². The highest BCUT2D eigenvalue weighted by molar-refractivity contribution is 7.92. The van der Waals surface area contributed by atoms with E-state index in [1.807, 2.05) is 7.05 Å². The molecule has 0 aliphatic heterocycles. The van der Waals surface area contributed by atoms with E-state index in [2.05, 4.69) is 19.2 Å². The molecule has 2 rings (SSSR count). The summed E-state index contributed by atoms with van der Waals surface area (Å²) in [6.45, 7) is 4.28. The molecule has 1 aliphatic carbocycles. The topological polar surface area (TPSA) is 55.4 Å². The summed E-state index contributed by atoms with van der Waals surface area (Å²) < 4.78 is 31.2. The molecule has 1 saturated carbocycles. The van der Waals surface area contributed by atoms with Crippen LogP contribution in [0.3, 0.4) is 0 Å². The largest absolute Gasteiger partial charge is 0.497 e. The second kappa shape index (κ2) is 5.97. The third kappa shape index (κ3) is 3.09. The molecule has 0 radical (unpaired) electrons. The van der Waals surface area contributed by atoms with Crippen molar-refractivity contribution in [2.45, 2.75) is 49.3 Å². The quantitative estimate of drug-likeness (QED) is 0.929. The zero-order valence-corrected chi connectivity index (χ0v) is 14.0. The van der Waals surface area contributed by atoms with E-state index in [1.165, 1.54) is 0 Å². The van der Waals surface area contributed by atoms with Crippen LogP contribution in [-0.2, 0) is 9.84 Å². The SMILES string of the molecule is CNC1C(S(=O)(=O)c2cccc(OC)c2)CCCC1(C)C. The molecule has 1 fully saturated rings. The van der Waals surface area contributed by atoms with E-state index < -0.39 is 15.1 Å². The molecular formula is C16H25NO3S. The number of methoxy groups -OCH3 is 1. The maximum absolute atomic E-state index is 13.0. The minimum absolute atomic E-state index is 0.0242. The first-order valence-electron chi connectivity index (χ1n) is 7.38. The first-order valence-corrected chi connectivity index (χ1v) is 8.93. The average molecular weight is 311 g/mol. The highest BCUT2D eigenvalue weighted by Crippen LogP contribution is 2.40. The van der Waals surface area contributed by atoms with Gasteiger partial charge in [0, 0.05) is 6.04 Å². The van der Waals surface area contributed by atoms with Crippen molar-refractivity contribution < 1.29 is 13.2 Å². The number of hydrogen-bond acceptors (Lipinski definition) is 4. The first kappa shape index (κ1) is 16.3. The second-order valence-electron chi connectivity index (χ2n) is 6.41. The van der Waals surface area contributed by atoms with Crippen LogP contribution in [0.25, 0.3) is 0 Å². The normalized spacial score (nSPS) is 25.5. The lowest BCUT2D eigenvalue weighted by molar-refractivity contribution is 0.178. The van der Waals surface area contributed by atoms with Gasteiger partial charge in [0.25, 0.3) is 0 Å². The Hall–Kier alpha value is -1.07. The Bertz CT molecular complexity index is 595. The number of benzene rings is 1. The van der Waals surface area contributed by atoms with Crippen molar-refractivity contribution in [3.8, 4) is 5.75 Å². The second-order valence-corrected chi connectivity index (χ2v) is 8.58. The van der Waals surface area contributed by atoms with Crippen LogP contribution >= 0.6 is 0 Å². The van der Waals surface area contributed by atoms with Gasteiger partial charge in [-0.15, -0.1) is 0 Å². The Morgan fingerprint density at radius 3 is 2.67 bits per heavy atom. The van der Waals surface area contributed by atoms with Crippen molar-refractivity contribution in [3.63, 3.8) is 0 Å². The zero-order valence-electron chi connectivity index (χ0n) is 13.2. The maximum atomic E-state index is 13.0. The molecule has 1 aromatic rings. The highest BCUT2D eigenvalue weighted by atomic mass is 32.2. The van der Waals surface area contributed by atoms with E-state index in [4.69, 9.17) is 4.74 Å². The molecule has 0 spiro atoms. The molecule has 4 nitrogen and oxygen atoms in total. The Kier molecular flexibility index (Phi) is 4.63. The van der Waals surface area contributed by atoms with Crippen molar-refractivity contribution in [1.29, 1.82) is 0 Å². The Morgan fingerprint density at radius 1 is 1.33 bits per heavy atom. The van der Waals surface area contributed by atoms with E-state index in [1.54, 1.807) is 31.4 Å². The fourth-order valence-corrected chi connectivity index (χ4v) is 5.69. The highest BCUT2D eigenvalue weighted by Gasteiger charge is 2.44. The number of sulfone groups is 1. The summed E-state index contributed by atoms with van der Waals surface area (Å²) in [4.78, 5) is 0.352. The fraction of sp³-hybridized carbons (Fsp3) is 0.625. The summed E-state index contributed by atoms with van der Waals surface area (Å²) in [5.74, 6) is 0.576. The lowest BCUT2D eigenvalue weighted by atomic mass is 9.73. The lowest BCUT2D eigenvalue weighted by Gasteiger charge is -2.43. The lowest BCUT2D eigenvalue weighted by Crippen LogP contribution is -2.54. The summed E-state index contributed by atoms with van der Waals surface area (Å²) in [6, 6.07) is 6.73. The molecule has 118 valence electrons. The van der Waals surface area contributed by atoms with Crippen LogP contribution in [0.1, 0.15) is 33.1 Å².